The molecule has 0 bridgehead atoms. The zero-order valence-corrected chi connectivity index (χ0v) is 13.1. The van der Waals surface area contributed by atoms with Crippen LogP contribution in [0.2, 0.25) is 0 Å². The minimum Gasteiger partial charge on any atom is -0.0596 e. The lowest BCUT2D eigenvalue weighted by Crippen LogP contribution is -2.16. The molecule has 0 spiro atoms. The maximum Gasteiger partial charge on any atom is -0.0105 e. The van der Waals surface area contributed by atoms with Crippen molar-refractivity contribution >= 4 is 0 Å². The Morgan fingerprint density at radius 1 is 0.944 bits per heavy atom. The van der Waals surface area contributed by atoms with E-state index in [0.29, 0.717) is 11.3 Å². The molecular weight excluding hydrogens is 216 g/mol. The summed E-state index contributed by atoms with van der Waals surface area (Å²) in [6.07, 6.45) is 1.31. The van der Waals surface area contributed by atoms with Crippen LogP contribution in [0.4, 0.5) is 0 Å². The molecule has 2 unspecified atom stereocenters. The fourth-order valence-electron chi connectivity index (χ4n) is 3.21. The maximum atomic E-state index is 2.46. The molecule has 0 saturated carbocycles. The summed E-state index contributed by atoms with van der Waals surface area (Å²) in [5.41, 5.74) is 5.31. The smallest absolute Gasteiger partial charge is 0.0105 e. The summed E-state index contributed by atoms with van der Waals surface area (Å²) in [4.78, 5) is 0. The highest BCUT2D eigenvalue weighted by Gasteiger charge is 2.36. The number of hydrogen-bond acceptors (Lipinski definition) is 0. The minimum atomic E-state index is 0.259. The zero-order valence-electron chi connectivity index (χ0n) is 13.1. The Morgan fingerprint density at radius 3 is 2.06 bits per heavy atom. The summed E-state index contributed by atoms with van der Waals surface area (Å²) >= 11 is 0. The highest BCUT2D eigenvalue weighted by Crippen LogP contribution is 2.50. The standard InChI is InChI=1S/C18H28/c1-12-10-16(18(5,6)7)14-9-8-13(11-15(12)14)17(2,3)4/h8-9,11-12,16H,10H2,1-7H3. The topological polar surface area (TPSA) is 0 Å². The van der Waals surface area contributed by atoms with Crippen LogP contribution in [0.5, 0.6) is 0 Å². The summed E-state index contributed by atoms with van der Waals surface area (Å²) in [5, 5.41) is 0. The van der Waals surface area contributed by atoms with Gasteiger partial charge in [0.2, 0.25) is 0 Å². The Bertz CT molecular complexity index is 440. The van der Waals surface area contributed by atoms with Gasteiger partial charge in [-0.2, -0.15) is 0 Å². The largest absolute Gasteiger partial charge is 0.0596 e. The summed E-state index contributed by atoms with van der Waals surface area (Å²) in [5.74, 6) is 1.43. The first kappa shape index (κ1) is 13.6. The van der Waals surface area contributed by atoms with Crippen molar-refractivity contribution in [2.45, 2.75) is 72.1 Å². The zero-order chi connectivity index (χ0) is 13.7. The molecule has 0 aliphatic heterocycles. The Hall–Kier alpha value is -0.780. The third-order valence-corrected chi connectivity index (χ3v) is 4.49. The summed E-state index contributed by atoms with van der Waals surface area (Å²) in [6.45, 7) is 16.4. The summed E-state index contributed by atoms with van der Waals surface area (Å²) in [6, 6.07) is 7.21. The molecular formula is C18H28. The molecule has 0 radical (unpaired) electrons. The van der Waals surface area contributed by atoms with Gasteiger partial charge >= 0.3 is 0 Å². The Morgan fingerprint density at radius 2 is 1.56 bits per heavy atom. The van der Waals surface area contributed by atoms with Crippen LogP contribution in [0.15, 0.2) is 18.2 Å². The van der Waals surface area contributed by atoms with Crippen LogP contribution in [0, 0.1) is 5.41 Å². The lowest BCUT2D eigenvalue weighted by atomic mass is 9.76. The van der Waals surface area contributed by atoms with Gasteiger partial charge in [-0.25, -0.2) is 0 Å². The second-order valence-electron chi connectivity index (χ2n) is 8.15. The third kappa shape index (κ3) is 2.35. The van der Waals surface area contributed by atoms with Crippen molar-refractivity contribution in [1.82, 2.24) is 0 Å². The van der Waals surface area contributed by atoms with Crippen molar-refractivity contribution < 1.29 is 0 Å². The van der Waals surface area contributed by atoms with Gasteiger partial charge in [-0.15, -0.1) is 0 Å². The van der Waals surface area contributed by atoms with E-state index >= 15 is 0 Å². The molecule has 0 amide bonds. The minimum absolute atomic E-state index is 0.259. The predicted octanol–water partition coefficient (Wildman–Crippen LogP) is 5.62. The van der Waals surface area contributed by atoms with E-state index in [1.807, 2.05) is 0 Å². The molecule has 0 fully saturated rings. The lowest BCUT2D eigenvalue weighted by Gasteiger charge is -2.28. The van der Waals surface area contributed by atoms with E-state index in [1.54, 1.807) is 11.1 Å². The van der Waals surface area contributed by atoms with Gasteiger partial charge in [0.15, 0.2) is 0 Å². The van der Waals surface area contributed by atoms with Gasteiger partial charge in [0.25, 0.3) is 0 Å². The van der Waals surface area contributed by atoms with Crippen LogP contribution in [0.25, 0.3) is 0 Å². The number of hydrogen-bond donors (Lipinski definition) is 0. The van der Waals surface area contributed by atoms with E-state index < -0.39 is 0 Å². The SMILES string of the molecule is CC1CC(C(C)(C)C)c2ccc(C(C)(C)C)cc21. The molecule has 0 heterocycles. The Kier molecular flexibility index (Phi) is 3.12. The van der Waals surface area contributed by atoms with Gasteiger partial charge in [-0.05, 0) is 45.8 Å². The molecule has 2 atom stereocenters. The first-order chi connectivity index (χ1) is 8.10. The normalized spacial score (nSPS) is 24.2. The Labute approximate surface area is 113 Å². The first-order valence-electron chi connectivity index (χ1n) is 7.25. The van der Waals surface area contributed by atoms with Gasteiger partial charge in [0.05, 0.1) is 0 Å². The van der Waals surface area contributed by atoms with Crippen molar-refractivity contribution in [1.29, 1.82) is 0 Å². The number of rotatable bonds is 0. The first-order valence-corrected chi connectivity index (χ1v) is 7.25. The number of benzene rings is 1. The van der Waals surface area contributed by atoms with Crippen molar-refractivity contribution in [3.8, 4) is 0 Å². The monoisotopic (exact) mass is 244 g/mol. The van der Waals surface area contributed by atoms with Gasteiger partial charge in [0.1, 0.15) is 0 Å². The van der Waals surface area contributed by atoms with E-state index in [4.69, 9.17) is 0 Å². The van der Waals surface area contributed by atoms with E-state index in [1.165, 1.54) is 12.0 Å². The van der Waals surface area contributed by atoms with Gasteiger partial charge < -0.3 is 0 Å². The van der Waals surface area contributed by atoms with E-state index in [2.05, 4.69) is 66.7 Å². The summed E-state index contributed by atoms with van der Waals surface area (Å²) < 4.78 is 0. The fourth-order valence-corrected chi connectivity index (χ4v) is 3.21. The molecule has 0 nitrogen and oxygen atoms in total. The Balaban J connectivity index is 2.47. The van der Waals surface area contributed by atoms with Crippen molar-refractivity contribution in [2.24, 2.45) is 5.41 Å². The van der Waals surface area contributed by atoms with E-state index in [0.717, 1.165) is 5.92 Å². The molecule has 18 heavy (non-hydrogen) atoms. The second-order valence-corrected chi connectivity index (χ2v) is 8.15. The maximum absolute atomic E-state index is 2.46. The van der Waals surface area contributed by atoms with E-state index in [-0.39, 0.29) is 5.41 Å². The molecule has 0 N–H and O–H groups in total. The van der Waals surface area contributed by atoms with Crippen LogP contribution < -0.4 is 0 Å². The molecule has 0 heteroatoms. The van der Waals surface area contributed by atoms with Gasteiger partial charge in [-0.3, -0.25) is 0 Å². The third-order valence-electron chi connectivity index (χ3n) is 4.49. The molecule has 0 aromatic heterocycles. The molecule has 1 aliphatic rings. The van der Waals surface area contributed by atoms with Crippen molar-refractivity contribution in [3.63, 3.8) is 0 Å². The summed E-state index contributed by atoms with van der Waals surface area (Å²) in [7, 11) is 0. The van der Waals surface area contributed by atoms with Gasteiger partial charge in [0, 0.05) is 0 Å². The van der Waals surface area contributed by atoms with Crippen molar-refractivity contribution in [2.75, 3.05) is 0 Å². The highest BCUT2D eigenvalue weighted by molar-refractivity contribution is 5.43. The number of fused-ring (bicyclic) bond motifs is 1. The predicted molar refractivity (Wildman–Crippen MR) is 80.4 cm³/mol. The lowest BCUT2D eigenvalue weighted by molar-refractivity contribution is 0.311. The van der Waals surface area contributed by atoms with Crippen LogP contribution in [0.1, 0.15) is 83.4 Å². The molecule has 2 rings (SSSR count). The van der Waals surface area contributed by atoms with Crippen LogP contribution in [-0.4, -0.2) is 0 Å². The molecule has 1 aliphatic carbocycles. The molecule has 0 saturated heterocycles. The average Bonchev–Trinajstić information content (AvgIpc) is 2.54. The van der Waals surface area contributed by atoms with Crippen LogP contribution >= 0.6 is 0 Å². The second kappa shape index (κ2) is 4.11. The van der Waals surface area contributed by atoms with Crippen LogP contribution in [-0.2, 0) is 5.41 Å². The van der Waals surface area contributed by atoms with Gasteiger partial charge in [-0.1, -0.05) is 66.7 Å². The molecule has 1 aromatic carbocycles. The highest BCUT2D eigenvalue weighted by atomic mass is 14.4. The average molecular weight is 244 g/mol. The fraction of sp³-hybridized carbons (Fsp3) is 0.667. The molecule has 1 aromatic rings. The van der Waals surface area contributed by atoms with E-state index in [9.17, 15) is 0 Å². The van der Waals surface area contributed by atoms with Crippen LogP contribution in [0.3, 0.4) is 0 Å². The quantitative estimate of drug-likeness (QED) is 0.555. The van der Waals surface area contributed by atoms with Crippen molar-refractivity contribution in [3.05, 3.63) is 34.9 Å². The molecule has 100 valence electrons.